The third-order valence-electron chi connectivity index (χ3n) is 3.97. The van der Waals surface area contributed by atoms with Crippen molar-refractivity contribution in [2.24, 2.45) is 0 Å². The summed E-state index contributed by atoms with van der Waals surface area (Å²) in [5.74, 6) is -1.46. The monoisotopic (exact) mass is 387 g/mol. The van der Waals surface area contributed by atoms with Crippen LogP contribution in [0.15, 0.2) is 47.6 Å². The van der Waals surface area contributed by atoms with E-state index < -0.39 is 12.0 Å². The van der Waals surface area contributed by atoms with Crippen LogP contribution < -0.4 is 0 Å². The molecule has 1 aromatic carbocycles. The van der Waals surface area contributed by atoms with E-state index in [0.717, 1.165) is 29.4 Å². The summed E-state index contributed by atoms with van der Waals surface area (Å²) in [6.07, 6.45) is 5.38. The van der Waals surface area contributed by atoms with Gasteiger partial charge in [-0.3, -0.25) is 14.4 Å². The van der Waals surface area contributed by atoms with Crippen LogP contribution in [0.5, 0.6) is 0 Å². The molecule has 1 aromatic heterocycles. The Morgan fingerprint density at radius 1 is 1.38 bits per heavy atom. The minimum absolute atomic E-state index is 0.198. The predicted octanol–water partition coefficient (Wildman–Crippen LogP) is 2.80. The zero-order chi connectivity index (χ0) is 18.7. The quantitative estimate of drug-likeness (QED) is 0.607. The first-order chi connectivity index (χ1) is 12.5. The van der Waals surface area contributed by atoms with Gasteiger partial charge in [-0.15, -0.1) is 0 Å². The van der Waals surface area contributed by atoms with Crippen LogP contribution in [0.4, 0.5) is 0 Å². The third-order valence-corrected chi connectivity index (χ3v) is 5.30. The van der Waals surface area contributed by atoms with Crippen molar-refractivity contribution in [3.05, 3.63) is 58.8 Å². The maximum atomic E-state index is 12.8. The van der Waals surface area contributed by atoms with Crippen LogP contribution in [-0.4, -0.2) is 42.0 Å². The molecule has 0 radical (unpaired) electrons. The zero-order valence-electron chi connectivity index (χ0n) is 14.0. The van der Waals surface area contributed by atoms with Crippen LogP contribution in [0.2, 0.25) is 0 Å². The van der Waals surface area contributed by atoms with Crippen LogP contribution in [0.3, 0.4) is 0 Å². The van der Waals surface area contributed by atoms with Gasteiger partial charge in [-0.1, -0.05) is 54.3 Å². The summed E-state index contributed by atoms with van der Waals surface area (Å²) in [5, 5.41) is 13.8. The van der Waals surface area contributed by atoms with Gasteiger partial charge in [0.15, 0.2) is 0 Å². The number of carbonyl (C=O) groups is 2. The molecule has 0 bridgehead atoms. The van der Waals surface area contributed by atoms with Crippen molar-refractivity contribution in [2.45, 2.75) is 25.9 Å². The standard InChI is InChI=1S/C18H17N3O3S2/c1-2-20-11-13(10-19-20)9-15-16(22)21(18(25)26-15)14(17(23)24)8-12-6-4-3-5-7-12/h3-7,9-11,14H,2,8H2,1H3,(H,23,24)/b15-9+. The summed E-state index contributed by atoms with van der Waals surface area (Å²) < 4.78 is 2.01. The first-order valence-electron chi connectivity index (χ1n) is 8.06. The molecule has 3 rings (SSSR count). The zero-order valence-corrected chi connectivity index (χ0v) is 15.7. The predicted molar refractivity (Wildman–Crippen MR) is 104 cm³/mol. The fraction of sp³-hybridized carbons (Fsp3) is 0.222. The van der Waals surface area contributed by atoms with Gasteiger partial charge in [0, 0.05) is 24.7 Å². The number of hydrogen-bond donors (Lipinski definition) is 1. The average molecular weight is 387 g/mol. The van der Waals surface area contributed by atoms with Crippen molar-refractivity contribution in [1.82, 2.24) is 14.7 Å². The van der Waals surface area contributed by atoms with E-state index in [-0.39, 0.29) is 16.6 Å². The van der Waals surface area contributed by atoms with Crippen LogP contribution in [0.1, 0.15) is 18.1 Å². The van der Waals surface area contributed by atoms with Gasteiger partial charge < -0.3 is 5.11 Å². The lowest BCUT2D eigenvalue weighted by molar-refractivity contribution is -0.145. The normalized spacial score (nSPS) is 17.1. The molecule has 2 heterocycles. The fourth-order valence-electron chi connectivity index (χ4n) is 2.65. The van der Waals surface area contributed by atoms with E-state index in [4.69, 9.17) is 12.2 Å². The molecule has 134 valence electrons. The van der Waals surface area contributed by atoms with Crippen LogP contribution >= 0.6 is 24.0 Å². The molecule has 1 saturated heterocycles. The Balaban J connectivity index is 1.85. The van der Waals surface area contributed by atoms with Gasteiger partial charge in [0.1, 0.15) is 10.4 Å². The number of benzene rings is 1. The van der Waals surface area contributed by atoms with Gasteiger partial charge >= 0.3 is 5.97 Å². The second-order valence-electron chi connectivity index (χ2n) is 5.72. The van der Waals surface area contributed by atoms with Gasteiger partial charge in [-0.25, -0.2) is 4.79 Å². The highest BCUT2D eigenvalue weighted by atomic mass is 32.2. The fourth-order valence-corrected chi connectivity index (χ4v) is 4.01. The minimum Gasteiger partial charge on any atom is -0.480 e. The smallest absolute Gasteiger partial charge is 0.327 e. The van der Waals surface area contributed by atoms with Gasteiger partial charge in [0.25, 0.3) is 5.91 Å². The molecule has 1 N–H and O–H groups in total. The maximum Gasteiger partial charge on any atom is 0.327 e. The van der Waals surface area contributed by atoms with Crippen LogP contribution in [0, 0.1) is 0 Å². The second kappa shape index (κ2) is 7.84. The Morgan fingerprint density at radius 3 is 2.73 bits per heavy atom. The molecule has 6 nitrogen and oxygen atoms in total. The number of amides is 1. The number of hydrogen-bond acceptors (Lipinski definition) is 5. The molecular weight excluding hydrogens is 370 g/mol. The first-order valence-corrected chi connectivity index (χ1v) is 9.28. The molecule has 2 aromatic rings. The number of carboxylic acid groups (broad SMARTS) is 1. The van der Waals surface area contributed by atoms with E-state index >= 15 is 0 Å². The number of carbonyl (C=O) groups excluding carboxylic acids is 1. The Labute approximate surface area is 160 Å². The summed E-state index contributed by atoms with van der Waals surface area (Å²) in [5.41, 5.74) is 1.62. The van der Waals surface area contributed by atoms with E-state index in [0.29, 0.717) is 4.91 Å². The Bertz CT molecular complexity index is 877. The van der Waals surface area contributed by atoms with E-state index in [9.17, 15) is 14.7 Å². The van der Waals surface area contributed by atoms with Crippen LogP contribution in [-0.2, 0) is 22.6 Å². The molecule has 26 heavy (non-hydrogen) atoms. The van der Waals surface area contributed by atoms with Crippen molar-refractivity contribution >= 4 is 46.3 Å². The molecule has 0 saturated carbocycles. The molecule has 1 unspecified atom stereocenters. The Hall–Kier alpha value is -2.45. The number of aryl methyl sites for hydroxylation is 1. The number of aliphatic carboxylic acids is 1. The molecule has 1 amide bonds. The third kappa shape index (κ3) is 3.86. The number of thiocarbonyl (C=S) groups is 1. The summed E-state index contributed by atoms with van der Waals surface area (Å²) in [6, 6.07) is 8.17. The molecule has 1 fully saturated rings. The topological polar surface area (TPSA) is 75.4 Å². The second-order valence-corrected chi connectivity index (χ2v) is 7.40. The molecule has 8 heteroatoms. The Morgan fingerprint density at radius 2 is 2.12 bits per heavy atom. The average Bonchev–Trinajstić information content (AvgIpc) is 3.19. The highest BCUT2D eigenvalue weighted by Gasteiger charge is 2.40. The SMILES string of the molecule is CCn1cc(/C=C2/SC(=S)N(C(Cc3ccccc3)C(=O)O)C2=O)cn1. The summed E-state index contributed by atoms with van der Waals surface area (Å²) in [6.45, 7) is 2.70. The lowest BCUT2D eigenvalue weighted by atomic mass is 10.0. The summed E-state index contributed by atoms with van der Waals surface area (Å²) >= 11 is 6.41. The van der Waals surface area contributed by atoms with Crippen molar-refractivity contribution in [3.8, 4) is 0 Å². The highest BCUT2D eigenvalue weighted by molar-refractivity contribution is 8.26. The minimum atomic E-state index is -1.08. The van der Waals surface area contributed by atoms with Crippen molar-refractivity contribution in [2.75, 3.05) is 0 Å². The van der Waals surface area contributed by atoms with E-state index in [1.807, 2.05) is 43.5 Å². The molecule has 1 atom stereocenters. The number of aromatic nitrogens is 2. The van der Waals surface area contributed by atoms with Crippen LogP contribution in [0.25, 0.3) is 6.08 Å². The van der Waals surface area contributed by atoms with E-state index in [1.165, 1.54) is 4.90 Å². The van der Waals surface area contributed by atoms with E-state index in [1.54, 1.807) is 17.0 Å². The largest absolute Gasteiger partial charge is 0.480 e. The van der Waals surface area contributed by atoms with Crippen molar-refractivity contribution in [1.29, 1.82) is 0 Å². The van der Waals surface area contributed by atoms with Gasteiger partial charge in [0.2, 0.25) is 0 Å². The van der Waals surface area contributed by atoms with Crippen molar-refractivity contribution in [3.63, 3.8) is 0 Å². The molecule has 1 aliphatic heterocycles. The molecule has 0 aliphatic carbocycles. The number of thioether (sulfide) groups is 1. The lowest BCUT2D eigenvalue weighted by Gasteiger charge is -2.23. The first kappa shape index (κ1) is 18.3. The summed E-state index contributed by atoms with van der Waals surface area (Å²) in [4.78, 5) is 26.2. The maximum absolute atomic E-state index is 12.8. The van der Waals surface area contributed by atoms with Gasteiger partial charge in [-0.05, 0) is 18.6 Å². The van der Waals surface area contributed by atoms with Gasteiger partial charge in [0.05, 0.1) is 11.1 Å². The molecule has 1 aliphatic rings. The van der Waals surface area contributed by atoms with E-state index in [2.05, 4.69) is 5.10 Å². The number of carboxylic acids is 1. The molecular formula is C18H17N3O3S2. The van der Waals surface area contributed by atoms with Crippen molar-refractivity contribution < 1.29 is 14.7 Å². The number of nitrogens with zero attached hydrogens (tertiary/aromatic N) is 3. The highest BCUT2D eigenvalue weighted by Crippen LogP contribution is 2.34. The Kier molecular flexibility index (Phi) is 5.53. The molecule has 0 spiro atoms. The summed E-state index contributed by atoms with van der Waals surface area (Å²) in [7, 11) is 0. The van der Waals surface area contributed by atoms with Gasteiger partial charge in [-0.2, -0.15) is 5.10 Å². The lowest BCUT2D eigenvalue weighted by Crippen LogP contribution is -2.45. The number of rotatable bonds is 6.